The molecule has 0 radical (unpaired) electrons. The van der Waals surface area contributed by atoms with E-state index in [1.165, 1.54) is 0 Å². The second kappa shape index (κ2) is 8.70. The molecule has 0 N–H and O–H groups in total. The maximum Gasteiger partial charge on any atom is 0.258 e. The van der Waals surface area contributed by atoms with Crippen LogP contribution in [-0.4, -0.2) is 29.4 Å². The molecule has 3 aromatic rings. The lowest BCUT2D eigenvalue weighted by molar-refractivity contribution is 0.0566. The predicted octanol–water partition coefficient (Wildman–Crippen LogP) is 5.29. The second-order valence-electron chi connectivity index (χ2n) is 7.18. The van der Waals surface area contributed by atoms with Crippen LogP contribution in [0.25, 0.3) is 0 Å². The summed E-state index contributed by atoms with van der Waals surface area (Å²) in [5.41, 5.74) is 1.66. The van der Waals surface area contributed by atoms with E-state index in [2.05, 4.69) is 4.98 Å². The summed E-state index contributed by atoms with van der Waals surface area (Å²) in [5.74, 6) is 1.90. The van der Waals surface area contributed by atoms with E-state index in [9.17, 15) is 4.79 Å². The van der Waals surface area contributed by atoms with E-state index in [0.717, 1.165) is 30.6 Å². The number of halogens is 1. The number of rotatable bonds is 5. The van der Waals surface area contributed by atoms with Gasteiger partial charge in [0.15, 0.2) is 0 Å². The Morgan fingerprint density at radius 3 is 2.79 bits per heavy atom. The van der Waals surface area contributed by atoms with Crippen LogP contribution in [0.15, 0.2) is 59.1 Å². The highest BCUT2D eigenvalue weighted by atomic mass is 35.5. The molecule has 0 aliphatic carbocycles. The highest BCUT2D eigenvalue weighted by Gasteiger charge is 2.33. The number of likely N-dealkylation sites (tertiary alicyclic amines) is 1. The van der Waals surface area contributed by atoms with Gasteiger partial charge in [-0.2, -0.15) is 0 Å². The fourth-order valence-electron chi connectivity index (χ4n) is 3.77. The Hall–Kier alpha value is -2.79. The molecule has 1 aliphatic rings. The molecule has 0 spiro atoms. The SMILES string of the molecule is COc1ccccc1C(=O)N1CCCC[C@@H]1c1ncc(Cc2ccc(Cl)cc2)o1. The van der Waals surface area contributed by atoms with Crippen LogP contribution in [0.2, 0.25) is 5.02 Å². The largest absolute Gasteiger partial charge is 0.496 e. The Balaban J connectivity index is 1.55. The van der Waals surface area contributed by atoms with E-state index >= 15 is 0 Å². The van der Waals surface area contributed by atoms with Gasteiger partial charge in [-0.05, 0) is 49.1 Å². The zero-order chi connectivity index (χ0) is 20.2. The average Bonchev–Trinajstić information content (AvgIpc) is 3.23. The number of piperidine rings is 1. The zero-order valence-corrected chi connectivity index (χ0v) is 17.1. The Bertz CT molecular complexity index is 984. The lowest BCUT2D eigenvalue weighted by atomic mass is 10.0. The Morgan fingerprint density at radius 1 is 1.21 bits per heavy atom. The summed E-state index contributed by atoms with van der Waals surface area (Å²) in [4.78, 5) is 19.6. The van der Waals surface area contributed by atoms with Crippen molar-refractivity contribution in [3.63, 3.8) is 0 Å². The Morgan fingerprint density at radius 2 is 2.00 bits per heavy atom. The summed E-state index contributed by atoms with van der Waals surface area (Å²) in [6, 6.07) is 14.8. The van der Waals surface area contributed by atoms with Crippen molar-refractivity contribution in [2.45, 2.75) is 31.7 Å². The van der Waals surface area contributed by atoms with Gasteiger partial charge in [-0.3, -0.25) is 4.79 Å². The van der Waals surface area contributed by atoms with Crippen molar-refractivity contribution in [1.82, 2.24) is 9.88 Å². The van der Waals surface area contributed by atoms with Crippen molar-refractivity contribution in [2.24, 2.45) is 0 Å². The van der Waals surface area contributed by atoms with Crippen LogP contribution in [0.5, 0.6) is 5.75 Å². The minimum absolute atomic E-state index is 0.0513. The number of oxazole rings is 1. The minimum Gasteiger partial charge on any atom is -0.496 e. The standard InChI is InChI=1S/C23H23ClN2O3/c1-28-21-8-3-2-6-19(21)23(27)26-13-5-4-7-20(26)22-25-15-18(29-22)14-16-9-11-17(24)12-10-16/h2-3,6,8-12,15,20H,4-5,7,13-14H2,1H3/t20-/m1/s1. The topological polar surface area (TPSA) is 55.6 Å². The van der Waals surface area contributed by atoms with Crippen LogP contribution in [-0.2, 0) is 6.42 Å². The molecular formula is C23H23ClN2O3. The maximum absolute atomic E-state index is 13.3. The van der Waals surface area contributed by atoms with Gasteiger partial charge in [-0.1, -0.05) is 35.9 Å². The van der Waals surface area contributed by atoms with Crippen molar-refractivity contribution in [3.05, 3.63) is 82.5 Å². The molecule has 1 saturated heterocycles. The number of methoxy groups -OCH3 is 1. The molecule has 5 nitrogen and oxygen atoms in total. The summed E-state index contributed by atoms with van der Waals surface area (Å²) in [6.07, 6.45) is 5.23. The molecule has 1 aromatic heterocycles. The first-order valence-electron chi connectivity index (χ1n) is 9.78. The van der Waals surface area contributed by atoms with E-state index in [4.69, 9.17) is 20.8 Å². The van der Waals surface area contributed by atoms with E-state index < -0.39 is 0 Å². The molecule has 0 saturated carbocycles. The summed E-state index contributed by atoms with van der Waals surface area (Å²) < 4.78 is 11.4. The molecule has 0 bridgehead atoms. The zero-order valence-electron chi connectivity index (χ0n) is 16.3. The monoisotopic (exact) mass is 410 g/mol. The third-order valence-electron chi connectivity index (χ3n) is 5.25. The van der Waals surface area contributed by atoms with E-state index in [-0.39, 0.29) is 11.9 Å². The van der Waals surface area contributed by atoms with Crippen LogP contribution in [0.3, 0.4) is 0 Å². The highest BCUT2D eigenvalue weighted by molar-refractivity contribution is 6.30. The molecule has 150 valence electrons. The summed E-state index contributed by atoms with van der Waals surface area (Å²) in [6.45, 7) is 0.677. The lowest BCUT2D eigenvalue weighted by Crippen LogP contribution is -2.38. The van der Waals surface area contributed by atoms with Gasteiger partial charge >= 0.3 is 0 Å². The van der Waals surface area contributed by atoms with E-state index in [1.54, 1.807) is 19.4 Å². The number of carbonyl (C=O) groups is 1. The van der Waals surface area contributed by atoms with Gasteiger partial charge in [0.05, 0.1) is 18.9 Å². The molecule has 1 fully saturated rings. The number of hydrogen-bond acceptors (Lipinski definition) is 4. The molecule has 1 aliphatic heterocycles. The van der Waals surface area contributed by atoms with Crippen molar-refractivity contribution in [2.75, 3.05) is 13.7 Å². The molecule has 2 aromatic carbocycles. The summed E-state index contributed by atoms with van der Waals surface area (Å²) >= 11 is 5.96. The predicted molar refractivity (Wildman–Crippen MR) is 111 cm³/mol. The number of hydrogen-bond donors (Lipinski definition) is 0. The van der Waals surface area contributed by atoms with Crippen molar-refractivity contribution in [1.29, 1.82) is 0 Å². The fourth-order valence-corrected chi connectivity index (χ4v) is 3.90. The minimum atomic E-state index is -0.167. The first-order valence-corrected chi connectivity index (χ1v) is 10.2. The number of amides is 1. The molecule has 1 amide bonds. The third-order valence-corrected chi connectivity index (χ3v) is 5.50. The fraction of sp³-hybridized carbons (Fsp3) is 0.304. The van der Waals surface area contributed by atoms with Gasteiger partial charge < -0.3 is 14.1 Å². The number of para-hydroxylation sites is 1. The van der Waals surface area contributed by atoms with Crippen LogP contribution in [0.4, 0.5) is 0 Å². The van der Waals surface area contributed by atoms with Crippen LogP contribution < -0.4 is 4.74 Å². The summed E-state index contributed by atoms with van der Waals surface area (Å²) in [7, 11) is 1.58. The van der Waals surface area contributed by atoms with Gasteiger partial charge in [0.2, 0.25) is 5.89 Å². The number of aromatic nitrogens is 1. The van der Waals surface area contributed by atoms with Gasteiger partial charge in [-0.25, -0.2) is 4.98 Å². The highest BCUT2D eigenvalue weighted by Crippen LogP contribution is 2.33. The van der Waals surface area contributed by atoms with Crippen molar-refractivity contribution < 1.29 is 13.9 Å². The molecule has 6 heteroatoms. The number of benzene rings is 2. The number of carbonyl (C=O) groups excluding carboxylic acids is 1. The van der Waals surface area contributed by atoms with Crippen LogP contribution >= 0.6 is 11.6 Å². The van der Waals surface area contributed by atoms with E-state index in [0.29, 0.717) is 35.2 Å². The molecule has 0 unspecified atom stereocenters. The van der Waals surface area contributed by atoms with Gasteiger partial charge in [0.25, 0.3) is 5.91 Å². The third kappa shape index (κ3) is 4.30. The average molecular weight is 411 g/mol. The van der Waals surface area contributed by atoms with E-state index in [1.807, 2.05) is 47.4 Å². The summed E-state index contributed by atoms with van der Waals surface area (Å²) in [5, 5.41) is 0.708. The molecule has 29 heavy (non-hydrogen) atoms. The number of nitrogens with zero attached hydrogens (tertiary/aromatic N) is 2. The normalized spacial score (nSPS) is 16.6. The first-order chi connectivity index (χ1) is 14.2. The quantitative estimate of drug-likeness (QED) is 0.573. The van der Waals surface area contributed by atoms with Crippen LogP contribution in [0, 0.1) is 0 Å². The molecule has 1 atom stereocenters. The van der Waals surface area contributed by atoms with Crippen molar-refractivity contribution in [3.8, 4) is 5.75 Å². The number of ether oxygens (including phenoxy) is 1. The molecular weight excluding hydrogens is 388 g/mol. The maximum atomic E-state index is 13.3. The van der Waals surface area contributed by atoms with Crippen molar-refractivity contribution >= 4 is 17.5 Å². The first kappa shape index (κ1) is 19.5. The Kier molecular flexibility index (Phi) is 5.86. The second-order valence-corrected chi connectivity index (χ2v) is 7.61. The lowest BCUT2D eigenvalue weighted by Gasteiger charge is -2.34. The van der Waals surface area contributed by atoms with Gasteiger partial charge in [-0.15, -0.1) is 0 Å². The van der Waals surface area contributed by atoms with Gasteiger partial charge in [0, 0.05) is 18.0 Å². The smallest absolute Gasteiger partial charge is 0.258 e. The molecule has 2 heterocycles. The van der Waals surface area contributed by atoms with Gasteiger partial charge in [0.1, 0.15) is 17.6 Å². The molecule has 4 rings (SSSR count). The van der Waals surface area contributed by atoms with Crippen LogP contribution in [0.1, 0.15) is 52.9 Å². The Labute approximate surface area is 175 Å².